The van der Waals surface area contributed by atoms with Crippen LogP contribution in [0.2, 0.25) is 0 Å². The number of fused-ring (bicyclic) bond motifs is 3. The molecular weight excluding hydrogens is 487 g/mol. The Labute approximate surface area is 210 Å². The Hall–Kier alpha value is -2.34. The van der Waals surface area contributed by atoms with Crippen LogP contribution in [0, 0.1) is 5.82 Å². The molecule has 36 heavy (non-hydrogen) atoms. The Balaban J connectivity index is 1.45. The predicted molar refractivity (Wildman–Crippen MR) is 129 cm³/mol. The second kappa shape index (κ2) is 9.51. The predicted octanol–water partition coefficient (Wildman–Crippen LogP) is 2.26. The number of hydrogen-bond donors (Lipinski definition) is 0. The summed E-state index contributed by atoms with van der Waals surface area (Å²) in [5, 5.41) is 4.81. The van der Waals surface area contributed by atoms with Crippen molar-refractivity contribution in [3.8, 4) is 11.3 Å². The van der Waals surface area contributed by atoms with Crippen molar-refractivity contribution in [2.75, 3.05) is 52.6 Å². The second-order valence-electron chi connectivity index (χ2n) is 10.0. The van der Waals surface area contributed by atoms with Gasteiger partial charge in [-0.25, -0.2) is 12.8 Å². The number of hydrogen-bond acceptors (Lipinski definition) is 7. The number of aromatic nitrogens is 2. The molecule has 3 saturated heterocycles. The number of ether oxygens (including phenoxy) is 2. The molecular formula is C25H31FN4O5S. The number of rotatable bonds is 3. The van der Waals surface area contributed by atoms with Gasteiger partial charge < -0.3 is 14.4 Å². The quantitative estimate of drug-likeness (QED) is 0.615. The Morgan fingerprint density at radius 3 is 2.53 bits per heavy atom. The molecule has 1 aromatic carbocycles. The number of nitrogens with zero attached hydrogens (tertiary/aromatic N) is 4. The van der Waals surface area contributed by atoms with Gasteiger partial charge >= 0.3 is 0 Å². The lowest BCUT2D eigenvalue weighted by molar-refractivity contribution is 0.0180. The highest BCUT2D eigenvalue weighted by Gasteiger charge is 2.40. The Bertz CT molecular complexity index is 1270. The number of piperidine rings is 1. The van der Waals surface area contributed by atoms with E-state index in [0.29, 0.717) is 49.2 Å². The molecule has 5 heterocycles. The van der Waals surface area contributed by atoms with Crippen molar-refractivity contribution in [2.45, 2.75) is 48.4 Å². The molecule has 9 nitrogen and oxygen atoms in total. The number of sulfone groups is 1. The average Bonchev–Trinajstić information content (AvgIpc) is 3.28. The second-order valence-corrected chi connectivity index (χ2v) is 12.0. The first-order valence-corrected chi connectivity index (χ1v) is 14.4. The van der Waals surface area contributed by atoms with Crippen molar-refractivity contribution < 1.29 is 27.1 Å². The summed E-state index contributed by atoms with van der Waals surface area (Å²) >= 11 is 0. The van der Waals surface area contributed by atoms with Crippen molar-refractivity contribution in [1.29, 1.82) is 0 Å². The first-order chi connectivity index (χ1) is 17.4. The fraction of sp³-hybridized carbons (Fsp3) is 0.600. The van der Waals surface area contributed by atoms with Crippen molar-refractivity contribution in [1.82, 2.24) is 19.6 Å². The zero-order valence-electron chi connectivity index (χ0n) is 20.2. The summed E-state index contributed by atoms with van der Waals surface area (Å²) in [7, 11) is -3.97. The van der Waals surface area contributed by atoms with E-state index in [4.69, 9.17) is 14.6 Å². The van der Waals surface area contributed by atoms with E-state index >= 15 is 0 Å². The molecule has 11 heteroatoms. The SMILES string of the molecule is O=C(c1nn(C2CCCN(C3CCOCC3)C2)c2c1CS(=O)(=O)c1c(F)cccc1-2)N1CCOCC1. The van der Waals surface area contributed by atoms with Gasteiger partial charge in [0.15, 0.2) is 15.5 Å². The van der Waals surface area contributed by atoms with Crippen LogP contribution in [0.3, 0.4) is 0 Å². The zero-order valence-corrected chi connectivity index (χ0v) is 21.0. The summed E-state index contributed by atoms with van der Waals surface area (Å²) in [6, 6.07) is 4.73. The number of benzene rings is 1. The maximum atomic E-state index is 14.9. The maximum absolute atomic E-state index is 14.9. The first-order valence-electron chi connectivity index (χ1n) is 12.8. The molecule has 4 aliphatic rings. The van der Waals surface area contributed by atoms with Gasteiger partial charge in [-0.2, -0.15) is 5.10 Å². The van der Waals surface area contributed by atoms with Gasteiger partial charge in [0, 0.05) is 50.0 Å². The molecule has 3 fully saturated rings. The molecule has 0 saturated carbocycles. The van der Waals surface area contributed by atoms with Gasteiger partial charge in [0.25, 0.3) is 5.91 Å². The van der Waals surface area contributed by atoms with Gasteiger partial charge in [0.1, 0.15) is 10.7 Å². The van der Waals surface area contributed by atoms with Crippen LogP contribution in [0.4, 0.5) is 4.39 Å². The minimum Gasteiger partial charge on any atom is -0.381 e. The van der Waals surface area contributed by atoms with E-state index in [2.05, 4.69) is 4.90 Å². The molecule has 0 bridgehead atoms. The highest BCUT2D eigenvalue weighted by Crippen LogP contribution is 2.43. The van der Waals surface area contributed by atoms with Crippen LogP contribution >= 0.6 is 0 Å². The third-order valence-electron chi connectivity index (χ3n) is 7.86. The Morgan fingerprint density at radius 1 is 1.00 bits per heavy atom. The minimum atomic E-state index is -3.97. The molecule has 6 rings (SSSR count). The summed E-state index contributed by atoms with van der Waals surface area (Å²) in [4.78, 5) is 17.4. The molecule has 4 aliphatic heterocycles. The molecule has 1 unspecified atom stereocenters. The lowest BCUT2D eigenvalue weighted by Crippen LogP contribution is -2.46. The van der Waals surface area contributed by atoms with Crippen LogP contribution in [0.5, 0.6) is 0 Å². The van der Waals surface area contributed by atoms with Crippen LogP contribution in [0.25, 0.3) is 11.3 Å². The monoisotopic (exact) mass is 518 g/mol. The van der Waals surface area contributed by atoms with Crippen molar-refractivity contribution in [2.24, 2.45) is 0 Å². The third kappa shape index (κ3) is 4.15. The molecule has 2 aromatic rings. The molecule has 1 aromatic heterocycles. The van der Waals surface area contributed by atoms with E-state index in [1.165, 1.54) is 12.1 Å². The van der Waals surface area contributed by atoms with Crippen molar-refractivity contribution in [3.05, 3.63) is 35.3 Å². The van der Waals surface area contributed by atoms with Gasteiger partial charge in [-0.3, -0.25) is 14.4 Å². The van der Waals surface area contributed by atoms with E-state index in [1.54, 1.807) is 11.0 Å². The van der Waals surface area contributed by atoms with E-state index < -0.39 is 21.4 Å². The minimum absolute atomic E-state index is 0.0431. The summed E-state index contributed by atoms with van der Waals surface area (Å²) < 4.78 is 54.1. The number of likely N-dealkylation sites (tertiary alicyclic amines) is 1. The summed E-state index contributed by atoms with van der Waals surface area (Å²) in [6.07, 6.45) is 3.79. The smallest absolute Gasteiger partial charge is 0.274 e. The van der Waals surface area contributed by atoms with E-state index in [9.17, 15) is 17.6 Å². The van der Waals surface area contributed by atoms with Gasteiger partial charge in [-0.05, 0) is 38.3 Å². The molecule has 0 spiro atoms. The third-order valence-corrected chi connectivity index (χ3v) is 9.56. The van der Waals surface area contributed by atoms with Gasteiger partial charge in [0.2, 0.25) is 0 Å². The average molecular weight is 519 g/mol. The number of carbonyl (C=O) groups is 1. The van der Waals surface area contributed by atoms with Crippen LogP contribution in [0.1, 0.15) is 47.8 Å². The standard InChI is InChI=1S/C25H31FN4O5S/c26-21-5-1-4-19-23-20(16-36(32,33)24(19)21)22(25(31)28-9-13-35-14-10-28)27-30(23)18-3-2-8-29(15-18)17-6-11-34-12-7-17/h1,4-5,17-18H,2-3,6-16H2. The van der Waals surface area contributed by atoms with Crippen LogP contribution < -0.4 is 0 Å². The molecule has 0 radical (unpaired) electrons. The number of morpholine rings is 1. The largest absolute Gasteiger partial charge is 0.381 e. The highest BCUT2D eigenvalue weighted by molar-refractivity contribution is 7.91. The summed E-state index contributed by atoms with van der Waals surface area (Å²) in [5.41, 5.74) is 1.41. The van der Waals surface area contributed by atoms with E-state index in [1.807, 2.05) is 4.68 Å². The zero-order chi connectivity index (χ0) is 24.9. The van der Waals surface area contributed by atoms with Crippen molar-refractivity contribution in [3.63, 3.8) is 0 Å². The molecule has 0 N–H and O–H groups in total. The highest BCUT2D eigenvalue weighted by atomic mass is 32.2. The fourth-order valence-corrected chi connectivity index (χ4v) is 7.74. The van der Waals surface area contributed by atoms with Crippen LogP contribution in [0.15, 0.2) is 23.1 Å². The number of amides is 1. The fourth-order valence-electron chi connectivity index (χ4n) is 6.08. The lowest BCUT2D eigenvalue weighted by Gasteiger charge is -2.40. The van der Waals surface area contributed by atoms with Crippen LogP contribution in [-0.2, 0) is 25.1 Å². The molecule has 0 aliphatic carbocycles. The van der Waals surface area contributed by atoms with Crippen LogP contribution in [-0.4, -0.2) is 92.6 Å². The molecule has 1 amide bonds. The number of carbonyl (C=O) groups excluding carboxylic acids is 1. The lowest BCUT2D eigenvalue weighted by atomic mass is 9.98. The Morgan fingerprint density at radius 2 is 1.75 bits per heavy atom. The number of halogens is 1. The summed E-state index contributed by atoms with van der Waals surface area (Å²) in [6.45, 7) is 4.98. The van der Waals surface area contributed by atoms with Crippen molar-refractivity contribution >= 4 is 15.7 Å². The van der Waals surface area contributed by atoms with Gasteiger partial charge in [-0.1, -0.05) is 12.1 Å². The van der Waals surface area contributed by atoms with Gasteiger partial charge in [0.05, 0.1) is 30.7 Å². The topological polar surface area (TPSA) is 94.0 Å². The normalized spacial score (nSPS) is 24.8. The summed E-state index contributed by atoms with van der Waals surface area (Å²) in [5.74, 6) is -1.49. The maximum Gasteiger partial charge on any atom is 0.274 e. The first kappa shape index (κ1) is 24.0. The van der Waals surface area contributed by atoms with E-state index in [-0.39, 0.29) is 22.5 Å². The van der Waals surface area contributed by atoms with Gasteiger partial charge in [-0.15, -0.1) is 0 Å². The Kier molecular flexibility index (Phi) is 6.35. The molecule has 1 atom stereocenters. The molecule has 194 valence electrons. The van der Waals surface area contributed by atoms with E-state index in [0.717, 1.165) is 52.0 Å².